The van der Waals surface area contributed by atoms with E-state index in [4.69, 9.17) is 4.98 Å². The van der Waals surface area contributed by atoms with Crippen LogP contribution in [0.2, 0.25) is 0 Å². The maximum absolute atomic E-state index is 5.12. The zero-order chi connectivity index (χ0) is 38.0. The first kappa shape index (κ1) is 31.6. The molecular weight excluding hydrogens is 701 g/mol. The summed E-state index contributed by atoms with van der Waals surface area (Å²) in [4.78, 5) is 5.12. The molecule has 0 unspecified atom stereocenters. The van der Waals surface area contributed by atoms with Crippen molar-refractivity contribution < 1.29 is 0 Å². The quantitative estimate of drug-likeness (QED) is 0.165. The van der Waals surface area contributed by atoms with Crippen LogP contribution in [0.25, 0.3) is 93.8 Å². The van der Waals surface area contributed by atoms with Crippen LogP contribution >= 0.6 is 0 Å². The van der Waals surface area contributed by atoms with Crippen molar-refractivity contribution in [2.45, 2.75) is 5.41 Å². The van der Waals surface area contributed by atoms with E-state index in [2.05, 4.69) is 211 Å². The summed E-state index contributed by atoms with van der Waals surface area (Å²) in [6.45, 7) is 0. The molecule has 0 saturated heterocycles. The molecule has 1 aromatic heterocycles. The van der Waals surface area contributed by atoms with Gasteiger partial charge in [-0.25, -0.2) is 4.98 Å². The first-order valence-electron chi connectivity index (χ1n) is 20.1. The smallest absolute Gasteiger partial charge is 0.145 e. The van der Waals surface area contributed by atoms with E-state index in [0.717, 1.165) is 28.1 Å². The Labute approximate surface area is 335 Å². The number of fused-ring (bicyclic) bond motifs is 18. The SMILES string of the molecule is c1ccc(-c2nc3ccccc3n2-c2ccc(-c3cc4c(c5ccccc35)-c3c(c5ccccc5c5ccccc35)C43c4ccccc4-c4ccccc43)cc2)cc1. The zero-order valence-corrected chi connectivity index (χ0v) is 31.5. The Morgan fingerprint density at radius 3 is 1.60 bits per heavy atom. The largest absolute Gasteiger partial charge is 0.292 e. The summed E-state index contributed by atoms with van der Waals surface area (Å²) in [5.74, 6) is 0.940. The molecular formula is C56H34N2. The van der Waals surface area contributed by atoms with Crippen molar-refractivity contribution in [2.24, 2.45) is 0 Å². The summed E-state index contributed by atoms with van der Waals surface area (Å²) < 4.78 is 2.30. The summed E-state index contributed by atoms with van der Waals surface area (Å²) in [6, 6.07) is 76.2. The van der Waals surface area contributed by atoms with Crippen molar-refractivity contribution in [1.82, 2.24) is 9.55 Å². The van der Waals surface area contributed by atoms with E-state index < -0.39 is 5.41 Å². The van der Waals surface area contributed by atoms with Gasteiger partial charge in [0.25, 0.3) is 0 Å². The van der Waals surface area contributed by atoms with E-state index in [1.165, 1.54) is 88.0 Å². The van der Waals surface area contributed by atoms with Crippen LogP contribution in [0, 0.1) is 0 Å². The van der Waals surface area contributed by atoms with Gasteiger partial charge in [0.2, 0.25) is 0 Å². The van der Waals surface area contributed by atoms with Gasteiger partial charge in [-0.2, -0.15) is 0 Å². The van der Waals surface area contributed by atoms with Crippen LogP contribution in [-0.2, 0) is 5.41 Å². The molecule has 0 saturated carbocycles. The Morgan fingerprint density at radius 1 is 0.362 bits per heavy atom. The second-order valence-corrected chi connectivity index (χ2v) is 15.7. The number of benzene rings is 10. The number of rotatable bonds is 3. The van der Waals surface area contributed by atoms with Crippen molar-refractivity contribution in [3.63, 3.8) is 0 Å². The normalized spacial score (nSPS) is 13.3. The van der Waals surface area contributed by atoms with E-state index in [1.807, 2.05) is 0 Å². The Bertz CT molecular complexity index is 3450. The molecule has 1 heterocycles. The van der Waals surface area contributed by atoms with E-state index >= 15 is 0 Å². The van der Waals surface area contributed by atoms with Gasteiger partial charge in [-0.05, 0) is 118 Å². The van der Waals surface area contributed by atoms with E-state index in [1.54, 1.807) is 0 Å². The molecule has 58 heavy (non-hydrogen) atoms. The van der Waals surface area contributed by atoms with Crippen LogP contribution in [0.1, 0.15) is 22.3 Å². The molecule has 2 heteroatoms. The molecule has 0 atom stereocenters. The Hall–Kier alpha value is -7.55. The summed E-state index contributed by atoms with van der Waals surface area (Å²) in [7, 11) is 0. The van der Waals surface area contributed by atoms with Gasteiger partial charge in [-0.1, -0.05) is 176 Å². The van der Waals surface area contributed by atoms with Crippen LogP contribution < -0.4 is 0 Å². The lowest BCUT2D eigenvalue weighted by molar-refractivity contribution is 0.803. The maximum atomic E-state index is 5.12. The number of aromatic nitrogens is 2. The molecule has 2 aliphatic rings. The number of para-hydroxylation sites is 2. The van der Waals surface area contributed by atoms with Crippen LogP contribution in [0.3, 0.4) is 0 Å². The second-order valence-electron chi connectivity index (χ2n) is 15.7. The first-order valence-corrected chi connectivity index (χ1v) is 20.1. The minimum absolute atomic E-state index is 0.513. The highest BCUT2D eigenvalue weighted by Gasteiger charge is 2.53. The fraction of sp³-hybridized carbons (Fsp3) is 0.0179. The predicted octanol–water partition coefficient (Wildman–Crippen LogP) is 14.2. The van der Waals surface area contributed by atoms with Gasteiger partial charge < -0.3 is 0 Å². The summed E-state index contributed by atoms with van der Waals surface area (Å²) in [5.41, 5.74) is 17.0. The van der Waals surface area contributed by atoms with Gasteiger partial charge in [-0.3, -0.25) is 4.57 Å². The fourth-order valence-electron chi connectivity index (χ4n) is 10.8. The lowest BCUT2D eigenvalue weighted by atomic mass is 9.68. The van der Waals surface area contributed by atoms with Crippen molar-refractivity contribution in [2.75, 3.05) is 0 Å². The third kappa shape index (κ3) is 4.03. The topological polar surface area (TPSA) is 17.8 Å². The van der Waals surface area contributed by atoms with Gasteiger partial charge in [-0.15, -0.1) is 0 Å². The zero-order valence-electron chi connectivity index (χ0n) is 31.5. The monoisotopic (exact) mass is 734 g/mol. The van der Waals surface area contributed by atoms with E-state index in [-0.39, 0.29) is 0 Å². The van der Waals surface area contributed by atoms with Crippen LogP contribution in [0.4, 0.5) is 0 Å². The van der Waals surface area contributed by atoms with Crippen molar-refractivity contribution in [3.05, 3.63) is 229 Å². The number of nitrogens with zero attached hydrogens (tertiary/aromatic N) is 2. The molecule has 0 radical (unpaired) electrons. The first-order chi connectivity index (χ1) is 28.8. The van der Waals surface area contributed by atoms with E-state index in [9.17, 15) is 0 Å². The van der Waals surface area contributed by atoms with Crippen LogP contribution in [0.15, 0.2) is 206 Å². The molecule has 10 aromatic carbocycles. The van der Waals surface area contributed by atoms with Gasteiger partial charge in [0, 0.05) is 11.3 Å². The average molecular weight is 735 g/mol. The summed E-state index contributed by atoms with van der Waals surface area (Å²) >= 11 is 0. The van der Waals surface area contributed by atoms with Crippen molar-refractivity contribution in [3.8, 4) is 50.5 Å². The Kier molecular flexibility index (Phi) is 6.40. The molecule has 0 N–H and O–H groups in total. The van der Waals surface area contributed by atoms with Crippen LogP contribution in [-0.4, -0.2) is 9.55 Å². The van der Waals surface area contributed by atoms with E-state index in [0.29, 0.717) is 0 Å². The molecule has 0 aliphatic heterocycles. The van der Waals surface area contributed by atoms with Gasteiger partial charge in [0.1, 0.15) is 5.82 Å². The number of hydrogen-bond acceptors (Lipinski definition) is 1. The molecule has 0 amide bonds. The van der Waals surface area contributed by atoms with Crippen LogP contribution in [0.5, 0.6) is 0 Å². The molecule has 2 nitrogen and oxygen atoms in total. The second kappa shape index (κ2) is 11.7. The van der Waals surface area contributed by atoms with Crippen molar-refractivity contribution >= 4 is 43.4 Å². The highest BCUT2D eigenvalue weighted by Crippen LogP contribution is 2.67. The molecule has 2 aliphatic carbocycles. The minimum Gasteiger partial charge on any atom is -0.292 e. The minimum atomic E-state index is -0.513. The standard InChI is InChI=1S/C56H34N2/c1-2-16-36(17-3-1)55-57-50-28-14-15-29-51(50)58(55)37-32-30-35(31-33-37)46-34-49-52(43-23-7-5-20-40(43)46)53-44-24-8-4-18-38(44)39-19-6-9-25-45(39)54(53)56(49)47-26-12-10-21-41(47)42-22-11-13-27-48(42)56/h1-34H. The lowest BCUT2D eigenvalue weighted by Gasteiger charge is -2.32. The summed E-state index contributed by atoms with van der Waals surface area (Å²) in [5, 5.41) is 7.76. The molecule has 11 aromatic rings. The highest BCUT2D eigenvalue weighted by atomic mass is 15.1. The third-order valence-corrected chi connectivity index (χ3v) is 13.0. The van der Waals surface area contributed by atoms with Crippen molar-refractivity contribution in [1.29, 1.82) is 0 Å². The van der Waals surface area contributed by atoms with Gasteiger partial charge >= 0.3 is 0 Å². The lowest BCUT2D eigenvalue weighted by Crippen LogP contribution is -2.26. The average Bonchev–Trinajstić information content (AvgIpc) is 3.94. The van der Waals surface area contributed by atoms with Gasteiger partial charge in [0.05, 0.1) is 16.4 Å². The highest BCUT2D eigenvalue weighted by molar-refractivity contribution is 6.24. The predicted molar refractivity (Wildman–Crippen MR) is 241 cm³/mol. The molecule has 13 rings (SSSR count). The number of imidazole rings is 1. The molecule has 0 bridgehead atoms. The number of hydrogen-bond donors (Lipinski definition) is 0. The Balaban J connectivity index is 1.13. The molecule has 0 fully saturated rings. The third-order valence-electron chi connectivity index (χ3n) is 13.0. The Morgan fingerprint density at radius 2 is 0.897 bits per heavy atom. The maximum Gasteiger partial charge on any atom is 0.145 e. The van der Waals surface area contributed by atoms with Gasteiger partial charge in [0.15, 0.2) is 0 Å². The molecule has 268 valence electrons. The summed E-state index contributed by atoms with van der Waals surface area (Å²) in [6.07, 6.45) is 0. The molecule has 1 spiro atoms. The fourth-order valence-corrected chi connectivity index (χ4v) is 10.8.